The highest BCUT2D eigenvalue weighted by molar-refractivity contribution is 6.24. The summed E-state index contributed by atoms with van der Waals surface area (Å²) in [6.45, 7) is 8.41. The lowest BCUT2D eigenvalue weighted by Crippen LogP contribution is -2.16. The van der Waals surface area contributed by atoms with Crippen LogP contribution in [0, 0.1) is 27.7 Å². The van der Waals surface area contributed by atoms with Gasteiger partial charge in [-0.25, -0.2) is 0 Å². The molecule has 0 aliphatic carbocycles. The van der Waals surface area contributed by atoms with Crippen LogP contribution in [0.4, 0.5) is 51.2 Å². The third-order valence-corrected chi connectivity index (χ3v) is 27.5. The first kappa shape index (κ1) is 79.9. The summed E-state index contributed by atoms with van der Waals surface area (Å²) in [7, 11) is 0. The van der Waals surface area contributed by atoms with Gasteiger partial charge in [0.2, 0.25) is 0 Å². The molecule has 650 valence electrons. The number of ether oxygens (including phenoxy) is 2. The van der Waals surface area contributed by atoms with Crippen LogP contribution in [0.3, 0.4) is 0 Å². The van der Waals surface area contributed by atoms with Crippen LogP contribution >= 0.6 is 0 Å². The molecule has 0 atom stereocenters. The fourth-order valence-electron chi connectivity index (χ4n) is 21.3. The minimum atomic E-state index is 0.871. The molecule has 2 aliphatic heterocycles. The molecule has 8 heterocycles. The lowest BCUT2D eigenvalue weighted by atomic mass is 10.1. The van der Waals surface area contributed by atoms with Gasteiger partial charge >= 0.3 is 0 Å². The number of rotatable bonds is 11. The molecule has 0 saturated heterocycles. The van der Waals surface area contributed by atoms with Crippen molar-refractivity contribution in [3.63, 3.8) is 0 Å². The second-order valence-electron chi connectivity index (χ2n) is 36.0. The summed E-state index contributed by atoms with van der Waals surface area (Å²) in [5.41, 5.74) is 32.1. The quantitative estimate of drug-likeness (QED) is 0.129. The van der Waals surface area contributed by atoms with Crippen molar-refractivity contribution in [2.24, 2.45) is 0 Å². The van der Waals surface area contributed by atoms with Crippen molar-refractivity contribution < 1.29 is 9.47 Å². The topological polar surface area (TPSA) is 57.8 Å². The number of fused-ring (bicyclic) bond motifs is 21. The standard InChI is InChI=1S/C46H31N3.2C40H29N3O/c1-2-14-36(15-3-1)47-29-28-42-43(47)26-27-45-46(42)41-16-8-9-17-44(41)49(45)38-24-22-37(23-25-38)48(39-20-18-32-10-4-6-12-34(32)30-39)40-21-19-33-11-5-7-13-35(33)31-40;1-26-15-17-35-38(23-26)44-39-24-27(2)16-18-36(39)43(35)30-12-8-11-29(25-30)42-34-14-7-6-13-31(34)40-32-21-22-41(28-9-4-3-5-10-28)33(32)19-20-37(40)42;1-26-12-18-35-38(24-26)44-39-25-27(2)13-19-36(39)43(35)30-16-14-29(15-17-30)42-34-11-7-6-10-31(34)40-32-22-23-41(28-8-4-3-5-9-28)33(32)20-21-37(40)42/h1-31H;2*3-25H,1-2H3. The van der Waals surface area contributed by atoms with E-state index in [2.05, 4.69) is 537 Å². The Morgan fingerprint density at radius 2 is 0.474 bits per heavy atom. The minimum absolute atomic E-state index is 0.871. The number of anilines is 9. The van der Waals surface area contributed by atoms with Gasteiger partial charge in [0.1, 0.15) is 0 Å². The number of nitrogens with zero attached hydrogens (tertiary/aromatic N) is 9. The fourth-order valence-corrected chi connectivity index (χ4v) is 21.3. The zero-order valence-corrected chi connectivity index (χ0v) is 75.8. The van der Waals surface area contributed by atoms with Gasteiger partial charge in [0.25, 0.3) is 0 Å². The van der Waals surface area contributed by atoms with Crippen LogP contribution in [-0.4, -0.2) is 27.4 Å². The van der Waals surface area contributed by atoms with E-state index in [0.717, 1.165) is 103 Å². The molecule has 0 unspecified atom stereocenters. The summed E-state index contributed by atoms with van der Waals surface area (Å²) in [6.07, 6.45) is 6.55. The fraction of sp³-hybridized carbons (Fsp3) is 0.0317. The van der Waals surface area contributed by atoms with Crippen LogP contribution in [0.2, 0.25) is 0 Å². The smallest absolute Gasteiger partial charge is 0.151 e. The number of hydrogen-bond acceptors (Lipinski definition) is 5. The van der Waals surface area contributed by atoms with Crippen molar-refractivity contribution in [1.29, 1.82) is 0 Å². The van der Waals surface area contributed by atoms with Gasteiger partial charge in [-0.3, -0.25) is 0 Å². The number of aromatic nitrogens is 6. The lowest BCUT2D eigenvalue weighted by Gasteiger charge is -2.33. The number of benzene rings is 20. The largest absolute Gasteiger partial charge is 0.453 e. The van der Waals surface area contributed by atoms with Crippen LogP contribution in [0.15, 0.2) is 468 Å². The van der Waals surface area contributed by atoms with Crippen LogP contribution in [0.5, 0.6) is 23.0 Å². The molecule has 11 nitrogen and oxygen atoms in total. The van der Waals surface area contributed by atoms with Crippen molar-refractivity contribution in [3.8, 4) is 57.1 Å². The second kappa shape index (κ2) is 32.4. The van der Waals surface area contributed by atoms with Gasteiger partial charge in [-0.1, -0.05) is 200 Å². The average molecular weight is 1760 g/mol. The Balaban J connectivity index is 0.000000107. The summed E-state index contributed by atoms with van der Waals surface area (Å²) >= 11 is 0. The van der Waals surface area contributed by atoms with Crippen molar-refractivity contribution in [3.05, 3.63) is 490 Å². The highest BCUT2D eigenvalue weighted by Gasteiger charge is 2.31. The Labute approximate surface area is 791 Å². The van der Waals surface area contributed by atoms with Gasteiger partial charge in [0, 0.05) is 130 Å². The highest BCUT2D eigenvalue weighted by atomic mass is 16.5. The first-order valence-electron chi connectivity index (χ1n) is 46.8. The average Bonchev–Trinajstić information content (AvgIpc) is 1.57. The Hall–Kier alpha value is -18.1. The van der Waals surface area contributed by atoms with E-state index in [1.165, 1.54) is 148 Å². The van der Waals surface area contributed by atoms with Gasteiger partial charge in [0.15, 0.2) is 23.0 Å². The van der Waals surface area contributed by atoms with E-state index >= 15 is 0 Å². The summed E-state index contributed by atoms with van der Waals surface area (Å²) in [6, 6.07) is 161. The van der Waals surface area contributed by atoms with E-state index in [4.69, 9.17) is 9.47 Å². The van der Waals surface area contributed by atoms with Gasteiger partial charge in [-0.2, -0.15) is 0 Å². The zero-order valence-electron chi connectivity index (χ0n) is 75.8. The minimum Gasteiger partial charge on any atom is -0.453 e. The van der Waals surface area contributed by atoms with E-state index in [0.29, 0.717) is 0 Å². The number of para-hydroxylation sites is 6. The molecule has 20 aromatic carbocycles. The molecule has 0 radical (unpaired) electrons. The predicted octanol–water partition coefficient (Wildman–Crippen LogP) is 34.3. The molecule has 28 rings (SSSR count). The van der Waals surface area contributed by atoms with Crippen LogP contribution < -0.4 is 24.2 Å². The summed E-state index contributed by atoms with van der Waals surface area (Å²) in [5.74, 6) is 3.49. The summed E-state index contributed by atoms with van der Waals surface area (Å²) in [4.78, 5) is 6.99. The summed E-state index contributed by atoms with van der Waals surface area (Å²) < 4.78 is 26.9. The maximum Gasteiger partial charge on any atom is 0.151 e. The van der Waals surface area contributed by atoms with Crippen LogP contribution in [0.25, 0.3) is 154 Å². The Bertz CT molecular complexity index is 9120. The lowest BCUT2D eigenvalue weighted by molar-refractivity contribution is 0.476. The van der Waals surface area contributed by atoms with Crippen LogP contribution in [0.1, 0.15) is 22.3 Å². The Morgan fingerprint density at radius 3 is 0.861 bits per heavy atom. The molecule has 0 N–H and O–H groups in total. The maximum atomic E-state index is 6.43. The van der Waals surface area contributed by atoms with E-state index in [1.54, 1.807) is 0 Å². The van der Waals surface area contributed by atoms with E-state index in [1.807, 2.05) is 0 Å². The molecular formula is C126H89N9O2. The van der Waals surface area contributed by atoms with Gasteiger partial charge in [0.05, 0.1) is 72.4 Å². The normalized spacial score (nSPS) is 12.2. The predicted molar refractivity (Wildman–Crippen MR) is 571 cm³/mol. The molecule has 0 bridgehead atoms. The van der Waals surface area contributed by atoms with Crippen molar-refractivity contribution in [1.82, 2.24) is 27.4 Å². The monoisotopic (exact) mass is 1760 g/mol. The third kappa shape index (κ3) is 13.5. The van der Waals surface area contributed by atoms with Crippen molar-refractivity contribution in [2.45, 2.75) is 27.7 Å². The molecule has 2 aliphatic rings. The third-order valence-electron chi connectivity index (χ3n) is 27.5. The Kier molecular flexibility index (Phi) is 18.9. The Morgan fingerprint density at radius 1 is 0.182 bits per heavy atom. The number of aryl methyl sites for hydroxylation is 4. The SMILES string of the molecule is Cc1ccc2c(c1)Oc1cc(C)ccc1N2c1ccc(-n2c3ccccc3c3c4ccn(-c5ccccc5)c4ccc32)cc1.Cc1ccc2c(c1)Oc1cc(C)ccc1N2c1cccc(-n2c3ccccc3c3c4ccn(-c5ccccc5)c4ccc32)c1.c1ccc(-n2ccc3c4c5ccccc5n(-c5ccc(N(c6ccc7ccccc7c6)c6ccc7ccccc7c6)cc5)c4ccc32)cc1. The summed E-state index contributed by atoms with van der Waals surface area (Å²) in [5, 5.41) is 16.3. The zero-order chi connectivity index (χ0) is 91.0. The molecule has 26 aromatic rings. The van der Waals surface area contributed by atoms with E-state index < -0.39 is 0 Å². The van der Waals surface area contributed by atoms with Crippen molar-refractivity contribution >= 4 is 171 Å². The second-order valence-corrected chi connectivity index (χ2v) is 36.0. The van der Waals surface area contributed by atoms with Crippen LogP contribution in [-0.2, 0) is 0 Å². The molecule has 0 amide bonds. The van der Waals surface area contributed by atoms with Gasteiger partial charge < -0.3 is 51.6 Å². The van der Waals surface area contributed by atoms with Gasteiger partial charge in [-0.05, 0) is 320 Å². The first-order chi connectivity index (χ1) is 67.6. The van der Waals surface area contributed by atoms with E-state index in [-0.39, 0.29) is 0 Å². The molecule has 11 heteroatoms. The molecule has 0 saturated carbocycles. The highest BCUT2D eigenvalue weighted by Crippen LogP contribution is 2.55. The molecule has 0 spiro atoms. The molecule has 0 fully saturated rings. The van der Waals surface area contributed by atoms with Crippen molar-refractivity contribution in [2.75, 3.05) is 14.7 Å². The van der Waals surface area contributed by atoms with Gasteiger partial charge in [-0.15, -0.1) is 0 Å². The maximum absolute atomic E-state index is 6.43. The van der Waals surface area contributed by atoms with E-state index in [9.17, 15) is 0 Å². The number of hydrogen-bond donors (Lipinski definition) is 0. The molecule has 6 aromatic heterocycles. The molecule has 137 heavy (non-hydrogen) atoms. The molecular weight excluding hydrogens is 1670 g/mol. The first-order valence-corrected chi connectivity index (χ1v) is 46.8.